The first-order chi connectivity index (χ1) is 8.44. The molecule has 0 amide bonds. The molecule has 0 saturated heterocycles. The minimum atomic E-state index is 0.243. The van der Waals surface area contributed by atoms with E-state index in [9.17, 15) is 0 Å². The van der Waals surface area contributed by atoms with Gasteiger partial charge in [0.2, 0.25) is 0 Å². The number of hydrogen-bond acceptors (Lipinski definition) is 2. The molecule has 1 saturated carbocycles. The smallest absolute Gasteiger partial charge is 0.0363 e. The van der Waals surface area contributed by atoms with E-state index in [0.717, 1.165) is 5.92 Å². The Hall–Kier alpha value is -0.340. The van der Waals surface area contributed by atoms with Crippen molar-refractivity contribution in [2.75, 3.05) is 0 Å². The molecule has 2 N–H and O–H groups in total. The van der Waals surface area contributed by atoms with Crippen molar-refractivity contribution in [2.45, 2.75) is 65.8 Å². The van der Waals surface area contributed by atoms with E-state index in [0.29, 0.717) is 5.41 Å². The second-order valence-electron chi connectivity index (χ2n) is 6.51. The molecule has 1 aromatic rings. The highest BCUT2D eigenvalue weighted by atomic mass is 32.1. The highest BCUT2D eigenvalue weighted by molar-refractivity contribution is 7.12. The van der Waals surface area contributed by atoms with Gasteiger partial charge in [0.1, 0.15) is 0 Å². The van der Waals surface area contributed by atoms with E-state index in [1.165, 1.54) is 47.4 Å². The van der Waals surface area contributed by atoms with E-state index in [1.54, 1.807) is 0 Å². The molecule has 1 atom stereocenters. The van der Waals surface area contributed by atoms with Gasteiger partial charge in [0, 0.05) is 15.8 Å². The maximum atomic E-state index is 6.70. The van der Waals surface area contributed by atoms with Crippen LogP contribution in [0.2, 0.25) is 0 Å². The molecule has 0 aliphatic heterocycles. The van der Waals surface area contributed by atoms with E-state index < -0.39 is 0 Å². The molecule has 1 nitrogen and oxygen atoms in total. The highest BCUT2D eigenvalue weighted by Gasteiger charge is 2.41. The monoisotopic (exact) mass is 265 g/mol. The zero-order valence-corrected chi connectivity index (χ0v) is 13.1. The fraction of sp³-hybridized carbons (Fsp3) is 0.750. The molecule has 1 aliphatic rings. The van der Waals surface area contributed by atoms with Gasteiger partial charge in [0.25, 0.3) is 0 Å². The second-order valence-corrected chi connectivity index (χ2v) is 7.97. The minimum Gasteiger partial charge on any atom is -0.323 e. The van der Waals surface area contributed by atoms with Gasteiger partial charge in [-0.05, 0) is 56.1 Å². The van der Waals surface area contributed by atoms with Gasteiger partial charge in [-0.15, -0.1) is 11.3 Å². The first-order valence-electron chi connectivity index (χ1n) is 7.27. The van der Waals surface area contributed by atoms with Crippen LogP contribution in [0.1, 0.15) is 67.3 Å². The summed E-state index contributed by atoms with van der Waals surface area (Å²) in [7, 11) is 0. The molecular weight excluding hydrogens is 238 g/mol. The van der Waals surface area contributed by atoms with Crippen LogP contribution in [-0.2, 0) is 0 Å². The van der Waals surface area contributed by atoms with Crippen LogP contribution >= 0.6 is 11.3 Å². The van der Waals surface area contributed by atoms with Crippen LogP contribution in [0.4, 0.5) is 0 Å². The molecule has 0 radical (unpaired) electrons. The summed E-state index contributed by atoms with van der Waals surface area (Å²) in [5.41, 5.74) is 8.49. The van der Waals surface area contributed by atoms with Crippen molar-refractivity contribution in [1.29, 1.82) is 0 Å². The lowest BCUT2D eigenvalue weighted by Crippen LogP contribution is -2.33. The van der Waals surface area contributed by atoms with Gasteiger partial charge < -0.3 is 5.73 Å². The number of rotatable bonds is 4. The number of thiophene rings is 1. The number of hydrogen-bond donors (Lipinski definition) is 1. The number of aryl methyl sites for hydroxylation is 2. The van der Waals surface area contributed by atoms with Gasteiger partial charge in [0.05, 0.1) is 0 Å². The molecule has 1 aliphatic carbocycles. The topological polar surface area (TPSA) is 26.0 Å². The Morgan fingerprint density at radius 3 is 2.33 bits per heavy atom. The van der Waals surface area contributed by atoms with Crippen molar-refractivity contribution in [3.63, 3.8) is 0 Å². The SMILES string of the molecule is Cc1cc(C(N)C2(CC(C)C)CCCC2)c(C)s1. The molecule has 2 rings (SSSR count). The van der Waals surface area contributed by atoms with Gasteiger partial charge in [-0.2, -0.15) is 0 Å². The normalized spacial score (nSPS) is 20.6. The number of nitrogens with two attached hydrogens (primary N) is 1. The van der Waals surface area contributed by atoms with Gasteiger partial charge >= 0.3 is 0 Å². The minimum absolute atomic E-state index is 0.243. The first-order valence-corrected chi connectivity index (χ1v) is 8.09. The van der Waals surface area contributed by atoms with Crippen molar-refractivity contribution < 1.29 is 0 Å². The van der Waals surface area contributed by atoms with Gasteiger partial charge in [-0.1, -0.05) is 26.7 Å². The Kier molecular flexibility index (Phi) is 4.18. The molecular formula is C16H27NS. The van der Waals surface area contributed by atoms with Crippen LogP contribution in [0.15, 0.2) is 6.07 Å². The summed E-state index contributed by atoms with van der Waals surface area (Å²) in [4.78, 5) is 2.82. The zero-order chi connectivity index (χ0) is 13.3. The van der Waals surface area contributed by atoms with Crippen LogP contribution in [0.25, 0.3) is 0 Å². The quantitative estimate of drug-likeness (QED) is 0.817. The van der Waals surface area contributed by atoms with Gasteiger partial charge in [-0.3, -0.25) is 0 Å². The molecule has 1 unspecified atom stereocenters. The molecule has 18 heavy (non-hydrogen) atoms. The summed E-state index contributed by atoms with van der Waals surface area (Å²) in [6, 6.07) is 2.57. The van der Waals surface area contributed by atoms with Crippen molar-refractivity contribution in [1.82, 2.24) is 0 Å². The molecule has 0 aromatic carbocycles. The summed E-state index contributed by atoms with van der Waals surface area (Å²) < 4.78 is 0. The molecule has 1 fully saturated rings. The van der Waals surface area contributed by atoms with Gasteiger partial charge in [0.15, 0.2) is 0 Å². The molecule has 2 heteroatoms. The average molecular weight is 265 g/mol. The molecule has 1 heterocycles. The summed E-state index contributed by atoms with van der Waals surface area (Å²) >= 11 is 1.89. The summed E-state index contributed by atoms with van der Waals surface area (Å²) in [6.45, 7) is 9.08. The van der Waals surface area contributed by atoms with E-state index in [2.05, 4.69) is 33.8 Å². The third-order valence-corrected chi connectivity index (χ3v) is 5.47. The fourth-order valence-electron chi connectivity index (χ4n) is 3.82. The lowest BCUT2D eigenvalue weighted by Gasteiger charge is -2.37. The van der Waals surface area contributed by atoms with Crippen molar-refractivity contribution >= 4 is 11.3 Å². The largest absolute Gasteiger partial charge is 0.323 e. The molecule has 102 valence electrons. The summed E-state index contributed by atoms with van der Waals surface area (Å²) in [5, 5.41) is 0. The first kappa shape index (κ1) is 14.1. The molecule has 0 spiro atoms. The maximum absolute atomic E-state index is 6.70. The van der Waals surface area contributed by atoms with Crippen molar-refractivity contribution in [3.8, 4) is 0 Å². The van der Waals surface area contributed by atoms with Crippen LogP contribution in [-0.4, -0.2) is 0 Å². The summed E-state index contributed by atoms with van der Waals surface area (Å²) in [6.07, 6.45) is 6.65. The Morgan fingerprint density at radius 2 is 1.89 bits per heavy atom. The van der Waals surface area contributed by atoms with E-state index in [-0.39, 0.29) is 6.04 Å². The van der Waals surface area contributed by atoms with Gasteiger partial charge in [-0.25, -0.2) is 0 Å². The van der Waals surface area contributed by atoms with Crippen molar-refractivity contribution in [3.05, 3.63) is 21.4 Å². The molecule has 0 bridgehead atoms. The Balaban J connectivity index is 2.28. The Bertz CT molecular complexity index is 399. The fourth-order valence-corrected chi connectivity index (χ4v) is 4.80. The van der Waals surface area contributed by atoms with E-state index >= 15 is 0 Å². The van der Waals surface area contributed by atoms with Crippen LogP contribution in [0.5, 0.6) is 0 Å². The van der Waals surface area contributed by atoms with E-state index in [4.69, 9.17) is 5.73 Å². The van der Waals surface area contributed by atoms with Crippen molar-refractivity contribution in [2.24, 2.45) is 17.1 Å². The highest BCUT2D eigenvalue weighted by Crippen LogP contribution is 2.51. The summed E-state index contributed by atoms with van der Waals surface area (Å²) in [5.74, 6) is 0.745. The third kappa shape index (κ3) is 2.65. The lowest BCUT2D eigenvalue weighted by atomic mass is 9.71. The maximum Gasteiger partial charge on any atom is 0.0363 e. The van der Waals surface area contributed by atoms with Crippen LogP contribution in [0, 0.1) is 25.2 Å². The standard InChI is InChI=1S/C16H27NS/c1-11(2)10-16(7-5-6-8-16)15(17)14-9-12(3)18-13(14)4/h9,11,15H,5-8,10,17H2,1-4H3. The third-order valence-electron chi connectivity index (χ3n) is 4.49. The Morgan fingerprint density at radius 1 is 1.28 bits per heavy atom. The predicted molar refractivity (Wildman–Crippen MR) is 81.1 cm³/mol. The molecule has 1 aromatic heterocycles. The van der Waals surface area contributed by atoms with Crippen LogP contribution < -0.4 is 5.73 Å². The average Bonchev–Trinajstić information content (AvgIpc) is 2.84. The van der Waals surface area contributed by atoms with E-state index in [1.807, 2.05) is 11.3 Å². The van der Waals surface area contributed by atoms with Crippen LogP contribution in [0.3, 0.4) is 0 Å². The lowest BCUT2D eigenvalue weighted by molar-refractivity contribution is 0.183. The Labute approximate surface area is 116 Å². The predicted octanol–water partition coefficient (Wildman–Crippen LogP) is 4.97. The zero-order valence-electron chi connectivity index (χ0n) is 12.3. The second kappa shape index (κ2) is 5.34.